The van der Waals surface area contributed by atoms with Gasteiger partial charge in [-0.25, -0.2) is 4.98 Å². The molecule has 1 fully saturated rings. The lowest BCUT2D eigenvalue weighted by Gasteiger charge is -2.06. The van der Waals surface area contributed by atoms with Gasteiger partial charge in [-0.05, 0) is 46.3 Å². The molecule has 1 N–H and O–H groups in total. The summed E-state index contributed by atoms with van der Waals surface area (Å²) in [5.74, 6) is 1.61. The molecule has 15 heavy (non-hydrogen) atoms. The maximum Gasteiger partial charge on any atom is 0.224 e. The Morgan fingerprint density at radius 2 is 2.47 bits per heavy atom. The first kappa shape index (κ1) is 11.1. The summed E-state index contributed by atoms with van der Waals surface area (Å²) >= 11 is 9.13. The van der Waals surface area contributed by atoms with Gasteiger partial charge in [-0.1, -0.05) is 13.3 Å². The van der Waals surface area contributed by atoms with Crippen LogP contribution in [-0.4, -0.2) is 16.0 Å². The molecule has 3 nitrogen and oxygen atoms in total. The molecule has 0 radical (unpaired) electrons. The minimum absolute atomic E-state index is 0.286. The molecule has 1 heterocycles. The van der Waals surface area contributed by atoms with Crippen molar-refractivity contribution in [1.29, 1.82) is 0 Å². The number of anilines is 1. The van der Waals surface area contributed by atoms with Gasteiger partial charge in [0.15, 0.2) is 0 Å². The van der Waals surface area contributed by atoms with Crippen LogP contribution in [0.25, 0.3) is 0 Å². The first-order valence-corrected chi connectivity index (χ1v) is 6.32. The summed E-state index contributed by atoms with van der Waals surface area (Å²) in [5, 5.41) is 3.66. The number of hydrogen-bond donors (Lipinski definition) is 1. The van der Waals surface area contributed by atoms with Crippen LogP contribution in [0.15, 0.2) is 10.7 Å². The minimum Gasteiger partial charge on any atom is -0.366 e. The zero-order valence-corrected chi connectivity index (χ0v) is 10.8. The number of aromatic nitrogens is 2. The average Bonchev–Trinajstić information content (AvgIpc) is 2.91. The molecule has 1 aromatic rings. The summed E-state index contributed by atoms with van der Waals surface area (Å²) < 4.78 is 0.869. The van der Waals surface area contributed by atoms with Gasteiger partial charge in [0, 0.05) is 12.2 Å². The zero-order valence-electron chi connectivity index (χ0n) is 8.50. The smallest absolute Gasteiger partial charge is 0.224 e. The average molecular weight is 291 g/mol. The number of rotatable bonds is 4. The molecule has 0 bridgehead atoms. The summed E-state index contributed by atoms with van der Waals surface area (Å²) in [6.07, 6.45) is 5.44. The molecule has 1 aliphatic rings. The van der Waals surface area contributed by atoms with E-state index in [2.05, 4.69) is 38.1 Å². The number of hydrogen-bond acceptors (Lipinski definition) is 3. The summed E-state index contributed by atoms with van der Waals surface area (Å²) in [4.78, 5) is 8.03. The molecule has 2 atom stereocenters. The molecule has 0 aliphatic heterocycles. The van der Waals surface area contributed by atoms with Crippen molar-refractivity contribution in [3.05, 3.63) is 16.0 Å². The summed E-state index contributed by atoms with van der Waals surface area (Å²) in [6, 6.07) is 0.562. The molecular weight excluding hydrogens is 277 g/mol. The lowest BCUT2D eigenvalue weighted by Crippen LogP contribution is -2.07. The van der Waals surface area contributed by atoms with Crippen molar-refractivity contribution in [3.63, 3.8) is 0 Å². The van der Waals surface area contributed by atoms with Crippen LogP contribution >= 0.6 is 27.5 Å². The Morgan fingerprint density at radius 3 is 3.20 bits per heavy atom. The largest absolute Gasteiger partial charge is 0.366 e. The molecule has 2 rings (SSSR count). The van der Waals surface area contributed by atoms with Crippen LogP contribution in [0.5, 0.6) is 0 Å². The van der Waals surface area contributed by atoms with Crippen molar-refractivity contribution in [1.82, 2.24) is 9.97 Å². The van der Waals surface area contributed by atoms with E-state index < -0.39 is 0 Å². The van der Waals surface area contributed by atoms with E-state index in [0.29, 0.717) is 6.04 Å². The second-order valence-corrected chi connectivity index (χ2v) is 5.06. The summed E-state index contributed by atoms with van der Waals surface area (Å²) in [5.41, 5.74) is 0. The molecule has 1 saturated carbocycles. The molecule has 5 heteroatoms. The van der Waals surface area contributed by atoms with E-state index in [-0.39, 0.29) is 5.28 Å². The highest BCUT2D eigenvalue weighted by Gasteiger charge is 2.36. The second-order valence-electron chi connectivity index (χ2n) is 3.87. The second kappa shape index (κ2) is 4.66. The number of halogens is 2. The Morgan fingerprint density at radius 1 is 1.67 bits per heavy atom. The van der Waals surface area contributed by atoms with E-state index in [1.54, 1.807) is 6.20 Å². The van der Waals surface area contributed by atoms with Crippen molar-refractivity contribution in [2.45, 2.75) is 32.2 Å². The molecule has 1 aromatic heterocycles. The van der Waals surface area contributed by atoms with Crippen LogP contribution in [0.3, 0.4) is 0 Å². The Kier molecular flexibility index (Phi) is 3.46. The summed E-state index contributed by atoms with van der Waals surface area (Å²) in [7, 11) is 0. The third kappa shape index (κ3) is 2.82. The lowest BCUT2D eigenvalue weighted by molar-refractivity contribution is 0.692. The van der Waals surface area contributed by atoms with E-state index in [1.807, 2.05) is 0 Å². The molecule has 0 amide bonds. The highest BCUT2D eigenvalue weighted by atomic mass is 79.9. The van der Waals surface area contributed by atoms with E-state index in [9.17, 15) is 0 Å². The molecule has 0 aromatic carbocycles. The Labute approximate surface area is 103 Å². The fourth-order valence-electron chi connectivity index (χ4n) is 1.74. The lowest BCUT2D eigenvalue weighted by atomic mass is 10.2. The number of nitrogens with zero attached hydrogens (tertiary/aromatic N) is 2. The van der Waals surface area contributed by atoms with Crippen molar-refractivity contribution >= 4 is 33.3 Å². The molecule has 0 spiro atoms. The maximum atomic E-state index is 5.74. The van der Waals surface area contributed by atoms with Gasteiger partial charge in [0.25, 0.3) is 0 Å². The minimum atomic E-state index is 0.286. The van der Waals surface area contributed by atoms with Gasteiger partial charge in [-0.3, -0.25) is 0 Å². The third-order valence-corrected chi connectivity index (χ3v) is 3.38. The third-order valence-electron chi connectivity index (χ3n) is 2.62. The van der Waals surface area contributed by atoms with E-state index in [1.165, 1.54) is 19.3 Å². The van der Waals surface area contributed by atoms with Crippen LogP contribution in [-0.2, 0) is 0 Å². The van der Waals surface area contributed by atoms with Crippen LogP contribution in [0, 0.1) is 5.92 Å². The van der Waals surface area contributed by atoms with Gasteiger partial charge < -0.3 is 5.32 Å². The fraction of sp³-hybridized carbons (Fsp3) is 0.600. The van der Waals surface area contributed by atoms with Crippen molar-refractivity contribution in [2.24, 2.45) is 5.92 Å². The highest BCUT2D eigenvalue weighted by Crippen LogP contribution is 2.38. The highest BCUT2D eigenvalue weighted by molar-refractivity contribution is 9.10. The monoisotopic (exact) mass is 289 g/mol. The van der Waals surface area contributed by atoms with Crippen molar-refractivity contribution in [3.8, 4) is 0 Å². The van der Waals surface area contributed by atoms with Gasteiger partial charge in [-0.2, -0.15) is 4.98 Å². The maximum absolute atomic E-state index is 5.74. The van der Waals surface area contributed by atoms with Crippen LogP contribution < -0.4 is 5.32 Å². The Hall–Kier alpha value is -0.350. The topological polar surface area (TPSA) is 37.8 Å². The van der Waals surface area contributed by atoms with Crippen LogP contribution in [0.4, 0.5) is 5.82 Å². The predicted molar refractivity (Wildman–Crippen MR) is 65.2 cm³/mol. The zero-order chi connectivity index (χ0) is 10.8. The Bertz CT molecular complexity index is 359. The van der Waals surface area contributed by atoms with Gasteiger partial charge in [0.05, 0.1) is 4.47 Å². The van der Waals surface area contributed by atoms with Gasteiger partial charge >= 0.3 is 0 Å². The molecule has 1 aliphatic carbocycles. The van der Waals surface area contributed by atoms with Crippen molar-refractivity contribution in [2.75, 3.05) is 5.32 Å². The van der Waals surface area contributed by atoms with E-state index >= 15 is 0 Å². The van der Waals surface area contributed by atoms with Crippen molar-refractivity contribution < 1.29 is 0 Å². The summed E-state index contributed by atoms with van der Waals surface area (Å²) in [6.45, 7) is 2.22. The van der Waals surface area contributed by atoms with Gasteiger partial charge in [-0.15, -0.1) is 0 Å². The van der Waals surface area contributed by atoms with E-state index in [0.717, 1.165) is 16.2 Å². The molecule has 2 unspecified atom stereocenters. The SMILES string of the molecule is CCCC1CC1Nc1nc(Cl)ncc1Br. The first-order valence-electron chi connectivity index (χ1n) is 5.15. The fourth-order valence-corrected chi connectivity index (χ4v) is 2.18. The standard InChI is InChI=1S/C10H13BrClN3/c1-2-3-6-4-8(6)14-9-7(11)5-13-10(12)15-9/h5-6,8H,2-4H2,1H3,(H,13,14,15). The molecular formula is C10H13BrClN3. The first-order chi connectivity index (χ1) is 7.20. The molecule has 0 saturated heterocycles. The Balaban J connectivity index is 1.97. The van der Waals surface area contributed by atoms with E-state index in [4.69, 9.17) is 11.6 Å². The van der Waals surface area contributed by atoms with Crippen LogP contribution in [0.2, 0.25) is 5.28 Å². The number of nitrogens with one attached hydrogen (secondary N) is 1. The normalized spacial score (nSPS) is 23.9. The predicted octanol–water partition coefficient (Wildman–Crippen LogP) is 3.49. The van der Waals surface area contributed by atoms with Gasteiger partial charge in [0.1, 0.15) is 5.82 Å². The van der Waals surface area contributed by atoms with Gasteiger partial charge in [0.2, 0.25) is 5.28 Å². The molecule has 82 valence electrons. The van der Waals surface area contributed by atoms with Crippen LogP contribution in [0.1, 0.15) is 26.2 Å². The quantitative estimate of drug-likeness (QED) is 0.863.